The van der Waals surface area contributed by atoms with Crippen molar-refractivity contribution >= 4 is 17.5 Å². The molecule has 0 aliphatic carbocycles. The summed E-state index contributed by atoms with van der Waals surface area (Å²) in [4.78, 5) is 22.6. The van der Waals surface area contributed by atoms with Gasteiger partial charge in [0.15, 0.2) is 11.5 Å². The average molecular weight is 362 g/mol. The second kappa shape index (κ2) is 7.33. The molecule has 0 saturated heterocycles. The van der Waals surface area contributed by atoms with E-state index in [0.717, 1.165) is 22.7 Å². The van der Waals surface area contributed by atoms with Crippen LogP contribution in [0.15, 0.2) is 60.9 Å². The molecule has 1 aromatic heterocycles. The van der Waals surface area contributed by atoms with Crippen molar-refractivity contribution in [1.29, 1.82) is 0 Å². The minimum atomic E-state index is -0.163. The predicted molar refractivity (Wildman–Crippen MR) is 101 cm³/mol. The Morgan fingerprint density at radius 3 is 2.59 bits per heavy atom. The molecule has 0 unspecified atom stereocenters. The number of fused-ring (bicyclic) bond motifs is 1. The Kier molecular flexibility index (Phi) is 4.57. The summed E-state index contributed by atoms with van der Waals surface area (Å²) in [5.41, 5.74) is 2.26. The van der Waals surface area contributed by atoms with Gasteiger partial charge in [-0.2, -0.15) is 0 Å². The second-order valence-electron chi connectivity index (χ2n) is 6.04. The normalized spacial score (nSPS) is 11.9. The maximum atomic E-state index is 12.5. The highest BCUT2D eigenvalue weighted by Crippen LogP contribution is 2.32. The van der Waals surface area contributed by atoms with E-state index in [1.54, 1.807) is 11.9 Å². The maximum Gasteiger partial charge on any atom is 0.261 e. The van der Waals surface area contributed by atoms with E-state index in [9.17, 15) is 4.79 Å². The molecule has 0 spiro atoms. The van der Waals surface area contributed by atoms with Crippen LogP contribution in [0.4, 0.5) is 11.6 Å². The maximum absolute atomic E-state index is 12.5. The van der Waals surface area contributed by atoms with Gasteiger partial charge in [-0.25, -0.2) is 9.97 Å². The number of hydrogen-bond donors (Lipinski definition) is 1. The summed E-state index contributed by atoms with van der Waals surface area (Å²) in [7, 11) is 1.73. The molecule has 1 N–H and O–H groups in total. The van der Waals surface area contributed by atoms with Gasteiger partial charge in [0.2, 0.25) is 12.7 Å². The van der Waals surface area contributed by atoms with E-state index in [1.165, 1.54) is 12.4 Å². The summed E-state index contributed by atoms with van der Waals surface area (Å²) in [6.07, 6.45) is 3.05. The van der Waals surface area contributed by atoms with Crippen molar-refractivity contribution in [3.05, 3.63) is 72.1 Å². The standard InChI is InChI=1S/C20H18N4O3/c1-24(16-5-3-2-4-6-16)19(25)15-11-22-20(23-12-15)21-10-14-7-8-17-18(9-14)27-13-26-17/h2-9,11-12H,10,13H2,1H3,(H,21,22,23). The van der Waals surface area contributed by atoms with Crippen LogP contribution in [0, 0.1) is 0 Å². The molecule has 2 heterocycles. The molecule has 0 saturated carbocycles. The van der Waals surface area contributed by atoms with Crippen LogP contribution in [0.1, 0.15) is 15.9 Å². The van der Waals surface area contributed by atoms with Gasteiger partial charge in [0.1, 0.15) is 0 Å². The Hall–Kier alpha value is -3.61. The SMILES string of the molecule is CN(C(=O)c1cnc(NCc2ccc3c(c2)OCO3)nc1)c1ccccc1. The third-order valence-corrected chi connectivity index (χ3v) is 4.23. The van der Waals surface area contributed by atoms with Crippen molar-refractivity contribution in [2.45, 2.75) is 6.54 Å². The first kappa shape index (κ1) is 16.8. The number of amides is 1. The number of benzene rings is 2. The highest BCUT2D eigenvalue weighted by molar-refractivity contribution is 6.05. The van der Waals surface area contributed by atoms with Gasteiger partial charge in [0.05, 0.1) is 5.56 Å². The smallest absolute Gasteiger partial charge is 0.261 e. The molecule has 0 bridgehead atoms. The quantitative estimate of drug-likeness (QED) is 0.752. The minimum absolute atomic E-state index is 0.163. The fourth-order valence-corrected chi connectivity index (χ4v) is 2.72. The number of nitrogens with zero attached hydrogens (tertiary/aromatic N) is 3. The van der Waals surface area contributed by atoms with Crippen LogP contribution in [-0.2, 0) is 6.54 Å². The zero-order valence-electron chi connectivity index (χ0n) is 14.8. The van der Waals surface area contributed by atoms with Crippen LogP contribution in [0.5, 0.6) is 11.5 Å². The largest absolute Gasteiger partial charge is 0.454 e. The summed E-state index contributed by atoms with van der Waals surface area (Å²) < 4.78 is 10.7. The number of aromatic nitrogens is 2. The zero-order valence-corrected chi connectivity index (χ0v) is 14.8. The van der Waals surface area contributed by atoms with Gasteiger partial charge in [-0.1, -0.05) is 24.3 Å². The number of nitrogens with one attached hydrogen (secondary N) is 1. The van der Waals surface area contributed by atoms with Gasteiger partial charge in [0, 0.05) is 31.7 Å². The Balaban J connectivity index is 1.39. The number of hydrogen-bond acceptors (Lipinski definition) is 6. The lowest BCUT2D eigenvalue weighted by molar-refractivity contribution is 0.0992. The summed E-state index contributed by atoms with van der Waals surface area (Å²) in [6, 6.07) is 15.2. The van der Waals surface area contributed by atoms with Crippen molar-refractivity contribution in [2.24, 2.45) is 0 Å². The highest BCUT2D eigenvalue weighted by Gasteiger charge is 2.15. The fraction of sp³-hybridized carbons (Fsp3) is 0.150. The van der Waals surface area contributed by atoms with Crippen molar-refractivity contribution in [3.8, 4) is 11.5 Å². The second-order valence-corrected chi connectivity index (χ2v) is 6.04. The molecule has 3 aromatic rings. The number of para-hydroxylation sites is 1. The molecular weight excluding hydrogens is 344 g/mol. The molecule has 0 fully saturated rings. The zero-order chi connectivity index (χ0) is 18.6. The van der Waals surface area contributed by atoms with Crippen LogP contribution >= 0.6 is 0 Å². The molecule has 1 amide bonds. The number of ether oxygens (including phenoxy) is 2. The Morgan fingerprint density at radius 2 is 1.81 bits per heavy atom. The average Bonchev–Trinajstić information content (AvgIpc) is 3.20. The lowest BCUT2D eigenvalue weighted by atomic mass is 10.2. The lowest BCUT2D eigenvalue weighted by Gasteiger charge is -2.17. The van der Waals surface area contributed by atoms with E-state index in [2.05, 4.69) is 15.3 Å². The van der Waals surface area contributed by atoms with Crippen LogP contribution in [0.25, 0.3) is 0 Å². The molecule has 1 aliphatic heterocycles. The van der Waals surface area contributed by atoms with E-state index >= 15 is 0 Å². The lowest BCUT2D eigenvalue weighted by Crippen LogP contribution is -2.26. The molecular formula is C20H18N4O3. The molecule has 7 heteroatoms. The van der Waals surface area contributed by atoms with Crippen molar-refractivity contribution in [1.82, 2.24) is 9.97 Å². The first-order chi connectivity index (χ1) is 13.2. The number of carbonyl (C=O) groups is 1. The summed E-state index contributed by atoms with van der Waals surface area (Å²) >= 11 is 0. The fourth-order valence-electron chi connectivity index (χ4n) is 2.72. The molecule has 0 atom stereocenters. The summed E-state index contributed by atoms with van der Waals surface area (Å²) in [6.45, 7) is 0.788. The molecule has 4 rings (SSSR count). The van der Waals surface area contributed by atoms with Crippen molar-refractivity contribution < 1.29 is 14.3 Å². The number of anilines is 2. The van der Waals surface area contributed by atoms with Gasteiger partial charge < -0.3 is 19.7 Å². The molecule has 7 nitrogen and oxygen atoms in total. The van der Waals surface area contributed by atoms with Crippen molar-refractivity contribution in [2.75, 3.05) is 24.1 Å². The van der Waals surface area contributed by atoms with Crippen LogP contribution < -0.4 is 19.7 Å². The van der Waals surface area contributed by atoms with E-state index in [0.29, 0.717) is 18.1 Å². The first-order valence-electron chi connectivity index (χ1n) is 8.48. The van der Waals surface area contributed by atoms with Gasteiger partial charge in [-0.15, -0.1) is 0 Å². The molecule has 1 aliphatic rings. The molecule has 0 radical (unpaired) electrons. The highest BCUT2D eigenvalue weighted by atomic mass is 16.7. The summed E-state index contributed by atoms with van der Waals surface area (Å²) in [5, 5.41) is 3.14. The molecule has 27 heavy (non-hydrogen) atoms. The van der Waals surface area contributed by atoms with Crippen molar-refractivity contribution in [3.63, 3.8) is 0 Å². The van der Waals surface area contributed by atoms with Gasteiger partial charge in [0.25, 0.3) is 5.91 Å². The summed E-state index contributed by atoms with van der Waals surface area (Å²) in [5.74, 6) is 1.77. The number of carbonyl (C=O) groups excluding carboxylic acids is 1. The van der Waals surface area contributed by atoms with E-state index < -0.39 is 0 Å². The van der Waals surface area contributed by atoms with Crippen LogP contribution in [-0.4, -0.2) is 29.7 Å². The van der Waals surface area contributed by atoms with Crippen LogP contribution in [0.3, 0.4) is 0 Å². The molecule has 136 valence electrons. The van der Waals surface area contributed by atoms with Gasteiger partial charge >= 0.3 is 0 Å². The first-order valence-corrected chi connectivity index (χ1v) is 8.48. The van der Waals surface area contributed by atoms with Gasteiger partial charge in [-0.05, 0) is 29.8 Å². The van der Waals surface area contributed by atoms with E-state index in [4.69, 9.17) is 9.47 Å². The predicted octanol–water partition coefficient (Wildman–Crippen LogP) is 3.09. The topological polar surface area (TPSA) is 76.6 Å². The Labute approximate surface area is 156 Å². The Bertz CT molecular complexity index is 945. The number of rotatable bonds is 5. The molecule has 2 aromatic carbocycles. The monoisotopic (exact) mass is 362 g/mol. The third kappa shape index (κ3) is 3.67. The van der Waals surface area contributed by atoms with E-state index in [-0.39, 0.29) is 12.7 Å². The third-order valence-electron chi connectivity index (χ3n) is 4.23. The van der Waals surface area contributed by atoms with Crippen LogP contribution in [0.2, 0.25) is 0 Å². The van der Waals surface area contributed by atoms with Gasteiger partial charge in [-0.3, -0.25) is 4.79 Å². The Morgan fingerprint density at radius 1 is 1.07 bits per heavy atom. The van der Waals surface area contributed by atoms with E-state index in [1.807, 2.05) is 48.5 Å². The minimum Gasteiger partial charge on any atom is -0.454 e.